The van der Waals surface area contributed by atoms with E-state index in [4.69, 9.17) is 4.74 Å². The summed E-state index contributed by atoms with van der Waals surface area (Å²) in [6, 6.07) is 19.1. The van der Waals surface area contributed by atoms with E-state index in [1.165, 1.54) is 0 Å². The summed E-state index contributed by atoms with van der Waals surface area (Å²) >= 11 is 0. The largest absolute Gasteiger partial charge is 0.494 e. The predicted octanol–water partition coefficient (Wildman–Crippen LogP) is 4.03. The molecule has 0 radical (unpaired) electrons. The minimum Gasteiger partial charge on any atom is -0.494 e. The summed E-state index contributed by atoms with van der Waals surface area (Å²) < 4.78 is 5.46. The third-order valence-corrected chi connectivity index (χ3v) is 6.14. The highest BCUT2D eigenvalue weighted by Crippen LogP contribution is 2.28. The van der Waals surface area contributed by atoms with Crippen LogP contribution in [0, 0.1) is 0 Å². The maximum atomic E-state index is 12.8. The number of aromatic amines is 1. The molecule has 33 heavy (non-hydrogen) atoms. The van der Waals surface area contributed by atoms with Crippen molar-refractivity contribution >= 4 is 17.5 Å². The minimum atomic E-state index is -0.147. The first kappa shape index (κ1) is 22.6. The smallest absolute Gasteiger partial charge is 0.278 e. The van der Waals surface area contributed by atoms with Crippen LogP contribution in [0.2, 0.25) is 0 Å². The molecule has 0 aliphatic carbocycles. The molecule has 2 amide bonds. The molecule has 0 unspecified atom stereocenters. The monoisotopic (exact) mass is 446 g/mol. The maximum absolute atomic E-state index is 12.8. The summed E-state index contributed by atoms with van der Waals surface area (Å²) in [6.45, 7) is 3.98. The topological polar surface area (TPSA) is 78.5 Å². The van der Waals surface area contributed by atoms with E-state index in [1.54, 1.807) is 11.9 Å². The number of carbonyl (C=O) groups is 2. The van der Waals surface area contributed by atoms with Gasteiger partial charge in [-0.2, -0.15) is 5.10 Å². The van der Waals surface area contributed by atoms with Crippen LogP contribution in [-0.2, 0) is 11.2 Å². The van der Waals surface area contributed by atoms with Gasteiger partial charge in [0.05, 0.1) is 13.0 Å². The molecule has 2 aromatic carbocycles. The molecule has 172 valence electrons. The lowest BCUT2D eigenvalue weighted by molar-refractivity contribution is -0.131. The number of benzene rings is 2. The molecule has 0 spiro atoms. The van der Waals surface area contributed by atoms with E-state index < -0.39 is 0 Å². The van der Waals surface area contributed by atoms with Crippen molar-refractivity contribution < 1.29 is 14.3 Å². The highest BCUT2D eigenvalue weighted by atomic mass is 16.5. The van der Waals surface area contributed by atoms with Crippen molar-refractivity contribution in [2.24, 2.45) is 0 Å². The molecule has 7 nitrogen and oxygen atoms in total. The van der Waals surface area contributed by atoms with E-state index in [0.29, 0.717) is 31.8 Å². The fraction of sp³-hybridized carbons (Fsp3) is 0.346. The summed E-state index contributed by atoms with van der Waals surface area (Å²) in [5.41, 5.74) is 3.18. The standard InChI is InChI=1S/C26H30N4O3/c1-3-33-22-11-9-19(10-12-22)17-25(31)30-15-13-20(14-16-30)23-18-24(28-27-23)26(32)29(2)21-7-5-4-6-8-21/h4-12,18,20H,3,13-17H2,1-2H3,(H,27,28). The second-order valence-corrected chi connectivity index (χ2v) is 8.32. The summed E-state index contributed by atoms with van der Waals surface area (Å²) in [7, 11) is 1.75. The number of H-pyrrole nitrogens is 1. The fourth-order valence-electron chi connectivity index (χ4n) is 4.19. The molecule has 0 bridgehead atoms. The molecule has 1 aliphatic rings. The van der Waals surface area contributed by atoms with Crippen LogP contribution in [0.3, 0.4) is 0 Å². The van der Waals surface area contributed by atoms with Crippen molar-refractivity contribution in [2.75, 3.05) is 31.6 Å². The Bertz CT molecular complexity index is 1070. The first-order valence-electron chi connectivity index (χ1n) is 11.4. The Morgan fingerprint density at radius 3 is 2.45 bits per heavy atom. The Labute approximate surface area is 194 Å². The van der Waals surface area contributed by atoms with Crippen LogP contribution < -0.4 is 9.64 Å². The van der Waals surface area contributed by atoms with Gasteiger partial charge < -0.3 is 14.5 Å². The number of anilines is 1. The van der Waals surface area contributed by atoms with Crippen LogP contribution in [0.15, 0.2) is 60.7 Å². The van der Waals surface area contributed by atoms with E-state index in [1.807, 2.05) is 72.5 Å². The van der Waals surface area contributed by atoms with Crippen molar-refractivity contribution in [1.29, 1.82) is 0 Å². The van der Waals surface area contributed by atoms with Gasteiger partial charge in [-0.05, 0) is 55.7 Å². The van der Waals surface area contributed by atoms with E-state index in [0.717, 1.165) is 35.5 Å². The molecule has 3 aromatic rings. The maximum Gasteiger partial charge on any atom is 0.278 e. The minimum absolute atomic E-state index is 0.141. The SMILES string of the molecule is CCOc1ccc(CC(=O)N2CCC(c3cc(C(=O)N(C)c4ccccc4)n[nH]3)CC2)cc1. The van der Waals surface area contributed by atoms with Crippen molar-refractivity contribution in [3.63, 3.8) is 0 Å². The molecule has 1 aromatic heterocycles. The van der Waals surface area contributed by atoms with Gasteiger partial charge in [0.25, 0.3) is 5.91 Å². The van der Waals surface area contributed by atoms with Crippen LogP contribution in [0.5, 0.6) is 5.75 Å². The van der Waals surface area contributed by atoms with Gasteiger partial charge in [0.15, 0.2) is 5.69 Å². The van der Waals surface area contributed by atoms with Crippen LogP contribution in [0.25, 0.3) is 0 Å². The average Bonchev–Trinajstić information content (AvgIpc) is 3.35. The van der Waals surface area contributed by atoms with Gasteiger partial charge in [0.1, 0.15) is 5.75 Å². The first-order valence-corrected chi connectivity index (χ1v) is 11.4. The number of piperidine rings is 1. The molecule has 1 fully saturated rings. The van der Waals surface area contributed by atoms with Gasteiger partial charge in [-0.25, -0.2) is 0 Å². The lowest BCUT2D eigenvalue weighted by atomic mass is 9.93. The number of likely N-dealkylation sites (tertiary alicyclic amines) is 1. The average molecular weight is 447 g/mol. The van der Waals surface area contributed by atoms with Crippen molar-refractivity contribution in [2.45, 2.75) is 32.1 Å². The molecule has 0 atom stereocenters. The second-order valence-electron chi connectivity index (χ2n) is 8.32. The number of amides is 2. The Balaban J connectivity index is 1.30. The number of nitrogens with one attached hydrogen (secondary N) is 1. The summed E-state index contributed by atoms with van der Waals surface area (Å²) in [5.74, 6) is 1.08. The quantitative estimate of drug-likeness (QED) is 0.594. The van der Waals surface area contributed by atoms with E-state index >= 15 is 0 Å². The van der Waals surface area contributed by atoms with Gasteiger partial charge >= 0.3 is 0 Å². The van der Waals surface area contributed by atoms with Gasteiger partial charge in [-0.15, -0.1) is 0 Å². The normalized spacial score (nSPS) is 14.2. The van der Waals surface area contributed by atoms with Gasteiger partial charge in [0, 0.05) is 37.4 Å². The third kappa shape index (κ3) is 5.42. The predicted molar refractivity (Wildman–Crippen MR) is 128 cm³/mol. The summed E-state index contributed by atoms with van der Waals surface area (Å²) in [4.78, 5) is 29.1. The van der Waals surface area contributed by atoms with Crippen LogP contribution >= 0.6 is 0 Å². The number of hydrogen-bond donors (Lipinski definition) is 1. The van der Waals surface area contributed by atoms with Crippen molar-refractivity contribution in [3.8, 4) is 5.75 Å². The Morgan fingerprint density at radius 1 is 1.09 bits per heavy atom. The van der Waals surface area contributed by atoms with Crippen LogP contribution in [-0.4, -0.2) is 53.7 Å². The van der Waals surface area contributed by atoms with Gasteiger partial charge in [-0.3, -0.25) is 14.7 Å². The number of carbonyl (C=O) groups excluding carboxylic acids is 2. The Kier molecular flexibility index (Phi) is 7.07. The van der Waals surface area contributed by atoms with Crippen molar-refractivity contribution in [1.82, 2.24) is 15.1 Å². The van der Waals surface area contributed by atoms with Crippen molar-refractivity contribution in [3.05, 3.63) is 77.6 Å². The second kappa shape index (κ2) is 10.3. The Morgan fingerprint density at radius 2 is 1.79 bits per heavy atom. The zero-order valence-electron chi connectivity index (χ0n) is 19.2. The zero-order chi connectivity index (χ0) is 23.2. The number of rotatable bonds is 7. The highest BCUT2D eigenvalue weighted by molar-refractivity contribution is 6.04. The van der Waals surface area contributed by atoms with Crippen LogP contribution in [0.1, 0.15) is 47.4 Å². The van der Waals surface area contributed by atoms with Crippen LogP contribution in [0.4, 0.5) is 5.69 Å². The number of para-hydroxylation sites is 1. The van der Waals surface area contributed by atoms with E-state index in [2.05, 4.69) is 10.2 Å². The van der Waals surface area contributed by atoms with Gasteiger partial charge in [0.2, 0.25) is 5.91 Å². The fourth-order valence-corrected chi connectivity index (χ4v) is 4.19. The molecule has 1 N–H and O–H groups in total. The Hall–Kier alpha value is -3.61. The molecule has 0 saturated carbocycles. The summed E-state index contributed by atoms with van der Waals surface area (Å²) in [6.07, 6.45) is 2.09. The number of ether oxygens (including phenoxy) is 1. The van der Waals surface area contributed by atoms with E-state index in [-0.39, 0.29) is 17.7 Å². The lowest BCUT2D eigenvalue weighted by Gasteiger charge is -2.31. The number of nitrogens with zero attached hydrogens (tertiary/aromatic N) is 3. The summed E-state index contributed by atoms with van der Waals surface area (Å²) in [5, 5.41) is 7.31. The molecule has 7 heteroatoms. The molecule has 2 heterocycles. The number of aromatic nitrogens is 2. The molecule has 1 aliphatic heterocycles. The zero-order valence-corrected chi connectivity index (χ0v) is 19.2. The lowest BCUT2D eigenvalue weighted by Crippen LogP contribution is -2.38. The van der Waals surface area contributed by atoms with E-state index in [9.17, 15) is 9.59 Å². The third-order valence-electron chi connectivity index (χ3n) is 6.14. The van der Waals surface area contributed by atoms with Gasteiger partial charge in [-0.1, -0.05) is 30.3 Å². The first-order chi connectivity index (χ1) is 16.0. The highest BCUT2D eigenvalue weighted by Gasteiger charge is 2.26. The molecule has 1 saturated heterocycles. The molecular formula is C26H30N4O3. The molecule has 4 rings (SSSR count). The number of hydrogen-bond acceptors (Lipinski definition) is 4. The molecular weight excluding hydrogens is 416 g/mol.